The standard InChI is InChI=1S/C4H7N3O2/c1-2-4(3-5)9-7-6-8/h4H,2H2,1H3,(H,7,8). The van der Waals surface area contributed by atoms with Crippen LogP contribution in [0, 0.1) is 16.2 Å². The zero-order chi connectivity index (χ0) is 7.11. The van der Waals surface area contributed by atoms with Crippen molar-refractivity contribution in [3.63, 3.8) is 0 Å². The van der Waals surface area contributed by atoms with Crippen LogP contribution in [0.15, 0.2) is 5.29 Å². The van der Waals surface area contributed by atoms with Crippen LogP contribution in [0.5, 0.6) is 0 Å². The highest BCUT2D eigenvalue weighted by atomic mass is 16.7. The van der Waals surface area contributed by atoms with Crippen molar-refractivity contribution in [2.24, 2.45) is 5.29 Å². The zero-order valence-electron chi connectivity index (χ0n) is 5.00. The Kier molecular flexibility index (Phi) is 4.36. The van der Waals surface area contributed by atoms with E-state index in [0.717, 1.165) is 0 Å². The first-order chi connectivity index (χ1) is 4.35. The van der Waals surface area contributed by atoms with Gasteiger partial charge in [-0.05, 0) is 6.42 Å². The van der Waals surface area contributed by atoms with E-state index in [1.807, 2.05) is 0 Å². The lowest BCUT2D eigenvalue weighted by molar-refractivity contribution is 0.00339. The fourth-order valence-corrected chi connectivity index (χ4v) is 0.286. The maximum Gasteiger partial charge on any atom is 0.173 e. The van der Waals surface area contributed by atoms with Crippen molar-refractivity contribution in [3.8, 4) is 6.07 Å². The van der Waals surface area contributed by atoms with Crippen LogP contribution in [0.25, 0.3) is 0 Å². The van der Waals surface area contributed by atoms with Crippen LogP contribution in [-0.2, 0) is 4.84 Å². The van der Waals surface area contributed by atoms with Crippen LogP contribution >= 0.6 is 0 Å². The third kappa shape index (κ3) is 3.43. The van der Waals surface area contributed by atoms with Crippen molar-refractivity contribution < 1.29 is 4.84 Å². The Morgan fingerprint density at radius 2 is 2.67 bits per heavy atom. The predicted octanol–water partition coefficient (Wildman–Crippen LogP) is 0.491. The van der Waals surface area contributed by atoms with Crippen LogP contribution in [0.3, 0.4) is 0 Å². The first kappa shape index (κ1) is 7.85. The number of rotatable bonds is 4. The maximum absolute atomic E-state index is 9.35. The van der Waals surface area contributed by atoms with E-state index in [1.54, 1.807) is 18.6 Å². The smallest absolute Gasteiger partial charge is 0.173 e. The monoisotopic (exact) mass is 129 g/mol. The molecule has 0 fully saturated rings. The van der Waals surface area contributed by atoms with Gasteiger partial charge in [-0.2, -0.15) is 5.26 Å². The Hall–Kier alpha value is -1.15. The molecule has 0 saturated heterocycles. The molecule has 1 atom stereocenters. The van der Waals surface area contributed by atoms with Crippen molar-refractivity contribution in [3.05, 3.63) is 4.91 Å². The van der Waals surface area contributed by atoms with Crippen molar-refractivity contribution in [2.75, 3.05) is 0 Å². The van der Waals surface area contributed by atoms with Gasteiger partial charge in [0.25, 0.3) is 0 Å². The molecule has 0 amide bonds. The normalized spacial score (nSPS) is 11.6. The highest BCUT2D eigenvalue weighted by Crippen LogP contribution is 1.91. The van der Waals surface area contributed by atoms with Gasteiger partial charge in [0.2, 0.25) is 0 Å². The molecule has 0 rings (SSSR count). The maximum atomic E-state index is 9.35. The van der Waals surface area contributed by atoms with Gasteiger partial charge in [-0.1, -0.05) is 6.92 Å². The highest BCUT2D eigenvalue weighted by molar-refractivity contribution is 4.81. The molecule has 0 radical (unpaired) electrons. The molecule has 9 heavy (non-hydrogen) atoms. The molecule has 0 spiro atoms. The molecule has 1 N–H and O–H groups in total. The molecular formula is C4H7N3O2. The summed E-state index contributed by atoms with van der Waals surface area (Å²) in [5.41, 5.74) is 1.70. The van der Waals surface area contributed by atoms with Crippen LogP contribution in [0.1, 0.15) is 13.3 Å². The van der Waals surface area contributed by atoms with E-state index in [9.17, 15) is 4.91 Å². The molecule has 0 aromatic heterocycles. The number of nitriles is 1. The molecule has 0 aliphatic heterocycles. The number of hydrogen-bond donors (Lipinski definition) is 1. The number of hydrogen-bond acceptors (Lipinski definition) is 4. The summed E-state index contributed by atoms with van der Waals surface area (Å²) in [6.07, 6.45) is -0.0679. The number of nitroso groups, excluding NO2 is 1. The lowest BCUT2D eigenvalue weighted by Crippen LogP contribution is -2.16. The third-order valence-electron chi connectivity index (χ3n) is 0.747. The van der Waals surface area contributed by atoms with Gasteiger partial charge in [0.15, 0.2) is 6.10 Å². The minimum Gasteiger partial charge on any atom is -0.238 e. The SMILES string of the molecule is CCC(C#N)ONN=O. The van der Waals surface area contributed by atoms with Gasteiger partial charge in [0.1, 0.15) is 0 Å². The Labute approximate surface area is 52.5 Å². The molecule has 0 bridgehead atoms. The zero-order valence-corrected chi connectivity index (χ0v) is 5.00. The van der Waals surface area contributed by atoms with E-state index in [2.05, 4.69) is 10.1 Å². The molecule has 0 heterocycles. The van der Waals surface area contributed by atoms with Crippen molar-refractivity contribution >= 4 is 0 Å². The minimum atomic E-state index is -0.595. The summed E-state index contributed by atoms with van der Waals surface area (Å²) < 4.78 is 0. The molecule has 0 aliphatic rings. The summed E-state index contributed by atoms with van der Waals surface area (Å²) >= 11 is 0. The van der Waals surface area contributed by atoms with Gasteiger partial charge >= 0.3 is 0 Å². The Bertz CT molecular complexity index is 119. The van der Waals surface area contributed by atoms with Gasteiger partial charge in [0.05, 0.1) is 11.4 Å². The largest absolute Gasteiger partial charge is 0.238 e. The topological polar surface area (TPSA) is 74.5 Å². The summed E-state index contributed by atoms with van der Waals surface area (Å²) in [4.78, 5) is 13.7. The van der Waals surface area contributed by atoms with Crippen molar-refractivity contribution in [1.82, 2.24) is 5.59 Å². The summed E-state index contributed by atoms with van der Waals surface area (Å²) in [7, 11) is 0. The molecule has 1 unspecified atom stereocenters. The highest BCUT2D eigenvalue weighted by Gasteiger charge is 2.01. The fraction of sp³-hybridized carbons (Fsp3) is 0.750. The van der Waals surface area contributed by atoms with Gasteiger partial charge in [0, 0.05) is 0 Å². The van der Waals surface area contributed by atoms with Gasteiger partial charge < -0.3 is 0 Å². The Balaban J connectivity index is 3.34. The van der Waals surface area contributed by atoms with E-state index >= 15 is 0 Å². The Morgan fingerprint density at radius 3 is 3.00 bits per heavy atom. The molecule has 0 aromatic carbocycles. The van der Waals surface area contributed by atoms with Crippen LogP contribution in [0.4, 0.5) is 0 Å². The lowest BCUT2D eigenvalue weighted by Gasteiger charge is -2.01. The van der Waals surface area contributed by atoms with E-state index < -0.39 is 6.10 Å². The van der Waals surface area contributed by atoms with Gasteiger partial charge in [-0.3, -0.25) is 0 Å². The van der Waals surface area contributed by atoms with E-state index in [1.165, 1.54) is 0 Å². The Morgan fingerprint density at radius 1 is 2.00 bits per heavy atom. The average Bonchev–Trinajstić information content (AvgIpc) is 1.91. The van der Waals surface area contributed by atoms with Crippen LogP contribution in [0.2, 0.25) is 0 Å². The molecule has 0 saturated carbocycles. The summed E-state index contributed by atoms with van der Waals surface area (Å²) in [5, 5.41) is 10.4. The number of nitrogens with zero attached hydrogens (tertiary/aromatic N) is 2. The lowest BCUT2D eigenvalue weighted by atomic mass is 10.3. The van der Waals surface area contributed by atoms with Gasteiger partial charge in [-0.15, -0.1) is 10.5 Å². The third-order valence-corrected chi connectivity index (χ3v) is 0.747. The summed E-state index contributed by atoms with van der Waals surface area (Å²) in [6.45, 7) is 1.76. The second-order valence-corrected chi connectivity index (χ2v) is 1.33. The molecule has 5 nitrogen and oxygen atoms in total. The second-order valence-electron chi connectivity index (χ2n) is 1.33. The molecule has 50 valence electrons. The quantitative estimate of drug-likeness (QED) is 0.442. The van der Waals surface area contributed by atoms with Gasteiger partial charge in [-0.25, -0.2) is 4.84 Å². The number of nitrogens with one attached hydrogen (secondary N) is 1. The van der Waals surface area contributed by atoms with Crippen molar-refractivity contribution in [2.45, 2.75) is 19.4 Å². The first-order valence-electron chi connectivity index (χ1n) is 2.47. The van der Waals surface area contributed by atoms with Crippen LogP contribution in [-0.4, -0.2) is 6.10 Å². The van der Waals surface area contributed by atoms with E-state index in [4.69, 9.17) is 5.26 Å². The predicted molar refractivity (Wildman–Crippen MR) is 29.7 cm³/mol. The first-order valence-corrected chi connectivity index (χ1v) is 2.47. The molecule has 0 aliphatic carbocycles. The van der Waals surface area contributed by atoms with Crippen molar-refractivity contribution in [1.29, 1.82) is 5.26 Å². The van der Waals surface area contributed by atoms with E-state index in [-0.39, 0.29) is 0 Å². The minimum absolute atomic E-state index is 0.527. The molecule has 5 heteroatoms. The van der Waals surface area contributed by atoms with Crippen LogP contribution < -0.4 is 5.59 Å². The molecule has 0 aromatic rings. The van der Waals surface area contributed by atoms with E-state index in [0.29, 0.717) is 6.42 Å². The molecular weight excluding hydrogens is 122 g/mol. The summed E-state index contributed by atoms with van der Waals surface area (Å²) in [6, 6.07) is 1.80. The average molecular weight is 129 g/mol. The fourth-order valence-electron chi connectivity index (χ4n) is 0.286. The summed E-state index contributed by atoms with van der Waals surface area (Å²) in [5.74, 6) is 0. The second kappa shape index (κ2) is 5.00.